The van der Waals surface area contributed by atoms with Gasteiger partial charge in [0.15, 0.2) is 5.69 Å². The molecule has 1 N–H and O–H groups in total. The van der Waals surface area contributed by atoms with Gasteiger partial charge in [-0.05, 0) is 51.5 Å². The van der Waals surface area contributed by atoms with Crippen LogP contribution in [0.1, 0.15) is 38.9 Å². The summed E-state index contributed by atoms with van der Waals surface area (Å²) in [5.41, 5.74) is 1.08. The summed E-state index contributed by atoms with van der Waals surface area (Å²) in [7, 11) is 0. The molecule has 0 aliphatic heterocycles. The van der Waals surface area contributed by atoms with Gasteiger partial charge < -0.3 is 5.11 Å². The third kappa shape index (κ3) is 4.51. The number of amides is 1. The van der Waals surface area contributed by atoms with Crippen molar-refractivity contribution >= 4 is 11.8 Å². The highest BCUT2D eigenvalue weighted by Crippen LogP contribution is 2.35. The van der Waals surface area contributed by atoms with Gasteiger partial charge in [0, 0.05) is 17.3 Å². The van der Waals surface area contributed by atoms with Gasteiger partial charge in [-0.2, -0.15) is 5.10 Å². The first-order chi connectivity index (χ1) is 15.1. The van der Waals surface area contributed by atoms with Gasteiger partial charge in [0.2, 0.25) is 0 Å². The molecule has 1 amide bonds. The second-order valence-electron chi connectivity index (χ2n) is 8.22. The SMILES string of the molecule is C=CCC(c1cc(-c2c([N+](=O)[O-])cnn2-c2ccccc2)ccn1)N(C(=O)O)C(C)(C)C. The number of carbonyl (C=O) groups is 1. The molecule has 0 aliphatic carbocycles. The van der Waals surface area contributed by atoms with Crippen LogP contribution in [0.25, 0.3) is 16.9 Å². The zero-order valence-electron chi connectivity index (χ0n) is 18.2. The summed E-state index contributed by atoms with van der Waals surface area (Å²) in [6, 6.07) is 11.8. The lowest BCUT2D eigenvalue weighted by Gasteiger charge is -2.39. The maximum absolute atomic E-state index is 12.1. The van der Waals surface area contributed by atoms with Crippen LogP contribution in [0.3, 0.4) is 0 Å². The van der Waals surface area contributed by atoms with Gasteiger partial charge in [-0.3, -0.25) is 20.0 Å². The van der Waals surface area contributed by atoms with Crippen LogP contribution in [0.4, 0.5) is 10.5 Å². The van der Waals surface area contributed by atoms with Gasteiger partial charge in [0.05, 0.1) is 22.3 Å². The predicted molar refractivity (Wildman–Crippen MR) is 121 cm³/mol. The highest BCUT2D eigenvalue weighted by Gasteiger charge is 2.35. The summed E-state index contributed by atoms with van der Waals surface area (Å²) < 4.78 is 1.50. The monoisotopic (exact) mass is 435 g/mol. The molecule has 9 nitrogen and oxygen atoms in total. The van der Waals surface area contributed by atoms with E-state index in [4.69, 9.17) is 0 Å². The fourth-order valence-corrected chi connectivity index (χ4v) is 3.69. The Morgan fingerprint density at radius 2 is 2.00 bits per heavy atom. The van der Waals surface area contributed by atoms with E-state index in [-0.39, 0.29) is 5.69 Å². The molecule has 0 saturated carbocycles. The molecular formula is C23H25N5O4. The maximum atomic E-state index is 12.1. The molecule has 0 spiro atoms. The summed E-state index contributed by atoms with van der Waals surface area (Å²) in [6.45, 7) is 9.17. The quantitative estimate of drug-likeness (QED) is 0.308. The summed E-state index contributed by atoms with van der Waals surface area (Å²) in [6.07, 6.45) is 3.62. The van der Waals surface area contributed by atoms with Gasteiger partial charge in [0.1, 0.15) is 6.20 Å². The van der Waals surface area contributed by atoms with Crippen LogP contribution in [0.2, 0.25) is 0 Å². The van der Waals surface area contributed by atoms with Gasteiger partial charge in [-0.25, -0.2) is 9.48 Å². The van der Waals surface area contributed by atoms with E-state index in [0.717, 1.165) is 0 Å². The smallest absolute Gasteiger partial charge is 0.408 e. The number of para-hydroxylation sites is 1. The zero-order valence-corrected chi connectivity index (χ0v) is 18.2. The van der Waals surface area contributed by atoms with E-state index >= 15 is 0 Å². The van der Waals surface area contributed by atoms with Crippen molar-refractivity contribution in [1.82, 2.24) is 19.7 Å². The Morgan fingerprint density at radius 3 is 2.56 bits per heavy atom. The van der Waals surface area contributed by atoms with Crippen LogP contribution in [0.15, 0.2) is 67.5 Å². The topological polar surface area (TPSA) is 114 Å². The first kappa shape index (κ1) is 22.7. The normalized spacial score (nSPS) is 12.2. The van der Waals surface area contributed by atoms with E-state index in [1.54, 1.807) is 51.1 Å². The number of nitro groups is 1. The van der Waals surface area contributed by atoms with Gasteiger partial charge in [-0.1, -0.05) is 24.3 Å². The van der Waals surface area contributed by atoms with Crippen LogP contribution < -0.4 is 0 Å². The fourth-order valence-electron chi connectivity index (χ4n) is 3.69. The standard InChI is InChI=1S/C23H25N5O4/c1-5-9-19(26(22(29)30)23(2,3)4)18-14-16(12-13-24-18)21-20(28(31)32)15-25-27(21)17-10-7-6-8-11-17/h5-8,10-15,19H,1,9H2,2-4H3,(H,29,30). The third-order valence-electron chi connectivity index (χ3n) is 4.97. The lowest BCUT2D eigenvalue weighted by molar-refractivity contribution is -0.384. The Bertz CT molecular complexity index is 1130. The van der Waals surface area contributed by atoms with Crippen molar-refractivity contribution in [3.8, 4) is 16.9 Å². The number of aromatic nitrogens is 3. The van der Waals surface area contributed by atoms with Crippen LogP contribution in [0.5, 0.6) is 0 Å². The predicted octanol–water partition coefficient (Wildman–Crippen LogP) is 5.24. The number of carboxylic acid groups (broad SMARTS) is 1. The van der Waals surface area contributed by atoms with Crippen LogP contribution in [-0.2, 0) is 0 Å². The molecule has 0 saturated heterocycles. The largest absolute Gasteiger partial charge is 0.465 e. The van der Waals surface area contributed by atoms with Crippen molar-refractivity contribution in [2.75, 3.05) is 0 Å². The summed E-state index contributed by atoms with van der Waals surface area (Å²) in [5, 5.41) is 25.8. The Balaban J connectivity index is 2.19. The molecule has 9 heteroatoms. The van der Waals surface area contributed by atoms with Gasteiger partial charge >= 0.3 is 11.8 Å². The van der Waals surface area contributed by atoms with E-state index in [2.05, 4.69) is 16.7 Å². The third-order valence-corrected chi connectivity index (χ3v) is 4.97. The number of hydrogen-bond acceptors (Lipinski definition) is 5. The number of nitrogens with zero attached hydrogens (tertiary/aromatic N) is 5. The van der Waals surface area contributed by atoms with E-state index in [1.165, 1.54) is 22.0 Å². The minimum atomic E-state index is -1.09. The van der Waals surface area contributed by atoms with Crippen LogP contribution >= 0.6 is 0 Å². The zero-order chi connectivity index (χ0) is 23.5. The molecule has 0 aliphatic rings. The minimum Gasteiger partial charge on any atom is -0.465 e. The lowest BCUT2D eigenvalue weighted by atomic mass is 9.98. The maximum Gasteiger partial charge on any atom is 0.408 e. The molecular weight excluding hydrogens is 410 g/mol. The Hall–Kier alpha value is -4.01. The van der Waals surface area contributed by atoms with Crippen molar-refractivity contribution in [3.05, 3.63) is 83.3 Å². The van der Waals surface area contributed by atoms with E-state index in [1.807, 2.05) is 18.2 Å². The fraction of sp³-hybridized carbons (Fsp3) is 0.261. The average Bonchev–Trinajstić information content (AvgIpc) is 3.18. The van der Waals surface area contributed by atoms with Crippen molar-refractivity contribution in [2.45, 2.75) is 38.8 Å². The molecule has 0 fully saturated rings. The van der Waals surface area contributed by atoms with E-state index < -0.39 is 22.6 Å². The van der Waals surface area contributed by atoms with Crippen LogP contribution in [0, 0.1) is 10.1 Å². The second-order valence-corrected chi connectivity index (χ2v) is 8.22. The Kier molecular flexibility index (Phi) is 6.38. The van der Waals surface area contributed by atoms with Crippen molar-refractivity contribution in [2.24, 2.45) is 0 Å². The van der Waals surface area contributed by atoms with Crippen molar-refractivity contribution in [3.63, 3.8) is 0 Å². The highest BCUT2D eigenvalue weighted by atomic mass is 16.6. The molecule has 1 aromatic carbocycles. The molecule has 166 valence electrons. The summed E-state index contributed by atoms with van der Waals surface area (Å²) >= 11 is 0. The molecule has 2 heterocycles. The minimum absolute atomic E-state index is 0.155. The van der Waals surface area contributed by atoms with E-state index in [9.17, 15) is 20.0 Å². The molecule has 0 bridgehead atoms. The number of rotatable bonds is 7. The Labute approximate surface area is 185 Å². The number of benzene rings is 1. The molecule has 1 atom stereocenters. The molecule has 1 unspecified atom stereocenters. The molecule has 2 aromatic heterocycles. The summed E-state index contributed by atoms with van der Waals surface area (Å²) in [4.78, 5) is 29.1. The highest BCUT2D eigenvalue weighted by molar-refractivity contribution is 5.72. The number of pyridine rings is 1. The van der Waals surface area contributed by atoms with Crippen molar-refractivity contribution < 1.29 is 14.8 Å². The Morgan fingerprint density at radius 1 is 1.31 bits per heavy atom. The lowest BCUT2D eigenvalue weighted by Crippen LogP contribution is -2.47. The average molecular weight is 435 g/mol. The molecule has 0 radical (unpaired) electrons. The van der Waals surface area contributed by atoms with Gasteiger partial charge in [-0.15, -0.1) is 6.58 Å². The number of hydrogen-bond donors (Lipinski definition) is 1. The second kappa shape index (κ2) is 9.01. The van der Waals surface area contributed by atoms with E-state index in [0.29, 0.717) is 29.1 Å². The van der Waals surface area contributed by atoms with Crippen LogP contribution in [-0.4, -0.2) is 41.3 Å². The molecule has 3 rings (SSSR count). The van der Waals surface area contributed by atoms with Gasteiger partial charge in [0.25, 0.3) is 0 Å². The van der Waals surface area contributed by atoms with Crippen molar-refractivity contribution in [1.29, 1.82) is 0 Å². The first-order valence-corrected chi connectivity index (χ1v) is 10.0. The summed E-state index contributed by atoms with van der Waals surface area (Å²) in [5.74, 6) is 0. The molecule has 32 heavy (non-hydrogen) atoms. The first-order valence-electron chi connectivity index (χ1n) is 10.0. The molecule has 3 aromatic rings.